The predicted molar refractivity (Wildman–Crippen MR) is 73.4 cm³/mol. The van der Waals surface area contributed by atoms with Crippen molar-refractivity contribution in [1.82, 2.24) is 0 Å². The molecule has 2 rings (SSSR count). The second-order valence-corrected chi connectivity index (χ2v) is 4.51. The molecule has 0 radical (unpaired) electrons. The Hall–Kier alpha value is -2.14. The molecule has 3 N–H and O–H groups in total. The molecular formula is C14H11ClF2N2O. The standard InChI is InChI=1S/C14H11ClF2N2O/c15-9-5-1-2-7-11(9)19-13(14(18)20)8-4-3-6-10(16)12(8)17/h1-7,13,19H,(H2,18,20). The third-order valence-corrected chi connectivity index (χ3v) is 3.08. The molecule has 2 aromatic carbocycles. The van der Waals surface area contributed by atoms with E-state index in [4.69, 9.17) is 17.3 Å². The summed E-state index contributed by atoms with van der Waals surface area (Å²) in [5.41, 5.74) is 5.49. The zero-order valence-electron chi connectivity index (χ0n) is 10.2. The topological polar surface area (TPSA) is 55.1 Å². The number of amides is 1. The maximum Gasteiger partial charge on any atom is 0.244 e. The molecule has 0 saturated heterocycles. The quantitative estimate of drug-likeness (QED) is 0.910. The molecule has 6 heteroatoms. The van der Waals surface area contributed by atoms with Crippen molar-refractivity contribution in [2.45, 2.75) is 6.04 Å². The largest absolute Gasteiger partial charge is 0.369 e. The van der Waals surface area contributed by atoms with Crippen LogP contribution in [-0.4, -0.2) is 5.91 Å². The van der Waals surface area contributed by atoms with Crippen molar-refractivity contribution in [1.29, 1.82) is 0 Å². The molecule has 104 valence electrons. The van der Waals surface area contributed by atoms with Crippen molar-refractivity contribution in [3.63, 3.8) is 0 Å². The molecule has 1 unspecified atom stereocenters. The Bertz CT molecular complexity index is 649. The van der Waals surface area contributed by atoms with Gasteiger partial charge in [0.15, 0.2) is 11.6 Å². The lowest BCUT2D eigenvalue weighted by Crippen LogP contribution is -2.28. The van der Waals surface area contributed by atoms with E-state index in [1.165, 1.54) is 12.1 Å². The van der Waals surface area contributed by atoms with Gasteiger partial charge < -0.3 is 11.1 Å². The Kier molecular flexibility index (Phi) is 4.20. The Morgan fingerprint density at radius 1 is 1.15 bits per heavy atom. The smallest absolute Gasteiger partial charge is 0.244 e. The number of carbonyl (C=O) groups excluding carboxylic acids is 1. The van der Waals surface area contributed by atoms with E-state index in [-0.39, 0.29) is 5.56 Å². The molecule has 0 aliphatic rings. The molecule has 0 aliphatic heterocycles. The first kappa shape index (κ1) is 14.3. The van der Waals surface area contributed by atoms with E-state index < -0.39 is 23.6 Å². The molecule has 0 spiro atoms. The minimum Gasteiger partial charge on any atom is -0.369 e. The molecule has 0 aromatic heterocycles. The van der Waals surface area contributed by atoms with E-state index in [0.29, 0.717) is 10.7 Å². The molecule has 20 heavy (non-hydrogen) atoms. The van der Waals surface area contributed by atoms with Crippen LogP contribution < -0.4 is 11.1 Å². The van der Waals surface area contributed by atoms with Crippen molar-refractivity contribution < 1.29 is 13.6 Å². The number of nitrogens with two attached hydrogens (primary N) is 1. The second kappa shape index (κ2) is 5.88. The van der Waals surface area contributed by atoms with Crippen LogP contribution in [0.3, 0.4) is 0 Å². The maximum atomic E-state index is 13.8. The van der Waals surface area contributed by atoms with Gasteiger partial charge in [-0.3, -0.25) is 4.79 Å². The Balaban J connectivity index is 2.40. The molecule has 0 saturated carbocycles. The van der Waals surface area contributed by atoms with Gasteiger partial charge in [-0.05, 0) is 18.2 Å². The minimum atomic E-state index is -1.22. The summed E-state index contributed by atoms with van der Waals surface area (Å²) < 4.78 is 27.0. The predicted octanol–water partition coefficient (Wildman–Crippen LogP) is 3.26. The van der Waals surface area contributed by atoms with Crippen molar-refractivity contribution in [2.24, 2.45) is 5.73 Å². The van der Waals surface area contributed by atoms with Gasteiger partial charge in [0.2, 0.25) is 5.91 Å². The van der Waals surface area contributed by atoms with E-state index in [1.807, 2.05) is 0 Å². The number of halogens is 3. The average Bonchev–Trinajstić information content (AvgIpc) is 2.41. The van der Waals surface area contributed by atoms with Gasteiger partial charge in [-0.15, -0.1) is 0 Å². The van der Waals surface area contributed by atoms with Gasteiger partial charge >= 0.3 is 0 Å². The number of primary amides is 1. The van der Waals surface area contributed by atoms with Gasteiger partial charge in [0.25, 0.3) is 0 Å². The van der Waals surface area contributed by atoms with Crippen LogP contribution >= 0.6 is 11.6 Å². The highest BCUT2D eigenvalue weighted by molar-refractivity contribution is 6.33. The summed E-state index contributed by atoms with van der Waals surface area (Å²) in [5, 5.41) is 3.06. The lowest BCUT2D eigenvalue weighted by Gasteiger charge is -2.18. The van der Waals surface area contributed by atoms with Gasteiger partial charge in [-0.2, -0.15) is 0 Å². The number of carbonyl (C=O) groups is 1. The summed E-state index contributed by atoms with van der Waals surface area (Å²) in [4.78, 5) is 11.5. The number of hydrogen-bond acceptors (Lipinski definition) is 2. The third-order valence-electron chi connectivity index (χ3n) is 2.75. The summed E-state index contributed by atoms with van der Waals surface area (Å²) in [6, 6.07) is 8.94. The molecule has 0 heterocycles. The Morgan fingerprint density at radius 2 is 1.85 bits per heavy atom. The molecule has 1 atom stereocenters. The highest BCUT2D eigenvalue weighted by Crippen LogP contribution is 2.27. The molecule has 0 aliphatic carbocycles. The molecule has 0 bridgehead atoms. The van der Waals surface area contributed by atoms with Crippen LogP contribution in [0.25, 0.3) is 0 Å². The van der Waals surface area contributed by atoms with Crippen LogP contribution in [0.2, 0.25) is 5.02 Å². The molecule has 1 amide bonds. The van der Waals surface area contributed by atoms with Gasteiger partial charge in [0, 0.05) is 5.56 Å². The second-order valence-electron chi connectivity index (χ2n) is 4.10. The monoisotopic (exact) mass is 296 g/mol. The summed E-state index contributed by atoms with van der Waals surface area (Å²) >= 11 is 5.95. The summed E-state index contributed by atoms with van der Waals surface area (Å²) in [5.74, 6) is -3.00. The SMILES string of the molecule is NC(=O)C(Nc1ccccc1Cl)c1cccc(F)c1F. The van der Waals surface area contributed by atoms with Crippen molar-refractivity contribution in [3.05, 3.63) is 64.7 Å². The molecule has 0 fully saturated rings. The van der Waals surface area contributed by atoms with Crippen LogP contribution in [0, 0.1) is 11.6 Å². The summed E-state index contributed by atoms with van der Waals surface area (Å²) in [6.45, 7) is 0. The van der Waals surface area contributed by atoms with E-state index in [2.05, 4.69) is 5.32 Å². The van der Waals surface area contributed by atoms with Crippen LogP contribution in [0.5, 0.6) is 0 Å². The fraction of sp³-hybridized carbons (Fsp3) is 0.0714. The fourth-order valence-corrected chi connectivity index (χ4v) is 1.97. The fourth-order valence-electron chi connectivity index (χ4n) is 1.78. The highest BCUT2D eigenvalue weighted by Gasteiger charge is 2.23. The van der Waals surface area contributed by atoms with E-state index in [0.717, 1.165) is 6.07 Å². The van der Waals surface area contributed by atoms with Crippen molar-refractivity contribution in [3.8, 4) is 0 Å². The van der Waals surface area contributed by atoms with Crippen molar-refractivity contribution in [2.75, 3.05) is 5.32 Å². The normalized spacial score (nSPS) is 11.9. The number of benzene rings is 2. The zero-order chi connectivity index (χ0) is 14.7. The van der Waals surface area contributed by atoms with Gasteiger partial charge in [-0.25, -0.2) is 8.78 Å². The number of rotatable bonds is 4. The lowest BCUT2D eigenvalue weighted by atomic mass is 10.0. The Labute approximate surface area is 119 Å². The highest BCUT2D eigenvalue weighted by atomic mass is 35.5. The number of nitrogens with one attached hydrogen (secondary N) is 1. The lowest BCUT2D eigenvalue weighted by molar-refractivity contribution is -0.118. The average molecular weight is 297 g/mol. The Morgan fingerprint density at radius 3 is 2.50 bits per heavy atom. The number of para-hydroxylation sites is 1. The summed E-state index contributed by atoms with van der Waals surface area (Å²) in [7, 11) is 0. The van der Waals surface area contributed by atoms with E-state index >= 15 is 0 Å². The van der Waals surface area contributed by atoms with E-state index in [9.17, 15) is 13.6 Å². The first-order chi connectivity index (χ1) is 9.50. The van der Waals surface area contributed by atoms with E-state index in [1.54, 1.807) is 24.3 Å². The first-order valence-electron chi connectivity index (χ1n) is 5.75. The minimum absolute atomic E-state index is 0.169. The number of hydrogen-bond donors (Lipinski definition) is 2. The van der Waals surface area contributed by atoms with Crippen LogP contribution in [0.4, 0.5) is 14.5 Å². The molecular weight excluding hydrogens is 286 g/mol. The maximum absolute atomic E-state index is 13.8. The first-order valence-corrected chi connectivity index (χ1v) is 6.13. The summed E-state index contributed by atoms with van der Waals surface area (Å²) in [6.07, 6.45) is 0. The van der Waals surface area contributed by atoms with Crippen molar-refractivity contribution >= 4 is 23.2 Å². The molecule has 2 aromatic rings. The number of anilines is 1. The van der Waals surface area contributed by atoms with Gasteiger partial charge in [0.1, 0.15) is 6.04 Å². The van der Waals surface area contributed by atoms with Gasteiger partial charge in [0.05, 0.1) is 10.7 Å². The third kappa shape index (κ3) is 2.88. The van der Waals surface area contributed by atoms with Crippen LogP contribution in [0.1, 0.15) is 11.6 Å². The molecule has 3 nitrogen and oxygen atoms in total. The van der Waals surface area contributed by atoms with Crippen LogP contribution in [0.15, 0.2) is 42.5 Å². The zero-order valence-corrected chi connectivity index (χ0v) is 11.0. The van der Waals surface area contributed by atoms with Crippen LogP contribution in [-0.2, 0) is 4.79 Å². The van der Waals surface area contributed by atoms with Gasteiger partial charge in [-0.1, -0.05) is 35.9 Å².